The Labute approximate surface area is 111 Å². The van der Waals surface area contributed by atoms with E-state index in [4.69, 9.17) is 20.9 Å². The number of hydrogen-bond donors (Lipinski definition) is 0. The van der Waals surface area contributed by atoms with Gasteiger partial charge in [-0.2, -0.15) is 5.10 Å². The molecule has 5 nitrogen and oxygen atoms in total. The molecule has 0 aliphatic carbocycles. The highest BCUT2D eigenvalue weighted by atomic mass is 79.9. The molecule has 0 N–H and O–H groups in total. The lowest BCUT2D eigenvalue weighted by atomic mass is 10.6. The van der Waals surface area contributed by atoms with Crippen molar-refractivity contribution in [2.24, 2.45) is 0 Å². The zero-order valence-corrected chi connectivity index (χ0v) is 12.7. The van der Waals surface area contributed by atoms with E-state index in [1.54, 1.807) is 6.07 Å². The van der Waals surface area contributed by atoms with Gasteiger partial charge in [-0.15, -0.1) is 0 Å². The zero-order valence-electron chi connectivity index (χ0n) is 8.62. The predicted molar refractivity (Wildman–Crippen MR) is 72.1 cm³/mol. The van der Waals surface area contributed by atoms with Crippen LogP contribution in [-0.2, 0) is 26.7 Å². The van der Waals surface area contributed by atoms with E-state index in [2.05, 4.69) is 21.0 Å². The Balaban J connectivity index is 2.78. The molecule has 0 aliphatic heterocycles. The highest BCUT2D eigenvalue weighted by Gasteiger charge is 2.16. The highest BCUT2D eigenvalue weighted by molar-refractivity contribution is 9.10. The fourth-order valence-corrected chi connectivity index (χ4v) is 3.75. The maximum absolute atomic E-state index is 11.4. The van der Waals surface area contributed by atoms with Crippen molar-refractivity contribution in [3.05, 3.63) is 27.1 Å². The molecule has 0 spiro atoms. The molecule has 1 heterocycles. The molecule has 0 amide bonds. The van der Waals surface area contributed by atoms with Crippen molar-refractivity contribution in [2.75, 3.05) is 14.2 Å². The summed E-state index contributed by atoms with van der Waals surface area (Å²) in [4.78, 5) is 11.4. The van der Waals surface area contributed by atoms with Crippen LogP contribution in [0.15, 0.2) is 21.5 Å². The van der Waals surface area contributed by atoms with Crippen LogP contribution in [0.1, 0.15) is 0 Å². The van der Waals surface area contributed by atoms with Crippen molar-refractivity contribution < 1.29 is 9.05 Å². The van der Waals surface area contributed by atoms with Crippen LogP contribution in [0, 0.1) is 0 Å². The molecule has 9 heteroatoms. The van der Waals surface area contributed by atoms with Crippen molar-refractivity contribution in [1.29, 1.82) is 0 Å². The molecule has 0 unspecified atom stereocenters. The van der Waals surface area contributed by atoms with Crippen LogP contribution in [0.4, 0.5) is 0 Å². The van der Waals surface area contributed by atoms with E-state index in [1.165, 1.54) is 36.3 Å². The molecule has 16 heavy (non-hydrogen) atoms. The van der Waals surface area contributed by atoms with Crippen LogP contribution >= 0.6 is 33.0 Å². The van der Waals surface area contributed by atoms with E-state index in [9.17, 15) is 4.79 Å². The van der Waals surface area contributed by atoms with Gasteiger partial charge in [0.05, 0.1) is 5.88 Å². The summed E-state index contributed by atoms with van der Waals surface area (Å²) < 4.78 is 12.1. The molecule has 0 bridgehead atoms. The minimum Gasteiger partial charge on any atom is -0.325 e. The standard InChI is InChI=1S/C7H10BrN2O3PS2/c1-12-14(15,13-2)16-5-10-7(11)4-3-6(8)9-10/h3-4H,5H2,1-2H3. The Morgan fingerprint density at radius 1 is 1.56 bits per heavy atom. The Kier molecular flexibility index (Phi) is 5.63. The van der Waals surface area contributed by atoms with Crippen molar-refractivity contribution in [1.82, 2.24) is 9.78 Å². The van der Waals surface area contributed by atoms with Gasteiger partial charge < -0.3 is 9.05 Å². The van der Waals surface area contributed by atoms with E-state index >= 15 is 0 Å². The van der Waals surface area contributed by atoms with Crippen LogP contribution in [0.25, 0.3) is 0 Å². The topological polar surface area (TPSA) is 53.4 Å². The molecule has 0 radical (unpaired) electrons. The van der Waals surface area contributed by atoms with Crippen molar-refractivity contribution in [3.63, 3.8) is 0 Å². The van der Waals surface area contributed by atoms with E-state index in [-0.39, 0.29) is 5.56 Å². The molecule has 0 aliphatic rings. The third-order valence-electron chi connectivity index (χ3n) is 1.62. The maximum Gasteiger partial charge on any atom is 0.267 e. The average Bonchev–Trinajstić information content (AvgIpc) is 2.30. The van der Waals surface area contributed by atoms with Gasteiger partial charge in [-0.3, -0.25) is 4.79 Å². The minimum absolute atomic E-state index is 0.190. The predicted octanol–water partition coefficient (Wildman–Crippen LogP) is 2.21. The summed E-state index contributed by atoms with van der Waals surface area (Å²) in [5, 5.41) is 4.00. The molecule has 0 aromatic carbocycles. The Bertz CT molecular complexity index is 459. The van der Waals surface area contributed by atoms with Crippen LogP contribution in [0.3, 0.4) is 0 Å². The normalized spacial score (nSPS) is 11.7. The van der Waals surface area contributed by atoms with Gasteiger partial charge in [0.2, 0.25) is 5.69 Å². The SMILES string of the molecule is COP(=S)(OC)SCn1nc(Br)ccc1=O. The zero-order chi connectivity index (χ0) is 12.2. The summed E-state index contributed by atoms with van der Waals surface area (Å²) in [6.45, 7) is 0. The van der Waals surface area contributed by atoms with Gasteiger partial charge in [0, 0.05) is 20.3 Å². The summed E-state index contributed by atoms with van der Waals surface area (Å²) in [5.41, 5.74) is -2.54. The Morgan fingerprint density at radius 3 is 2.75 bits per heavy atom. The second kappa shape index (κ2) is 6.28. The Hall–Kier alpha value is 0.280. The lowest BCUT2D eigenvalue weighted by Gasteiger charge is -2.16. The molecule has 0 fully saturated rings. The van der Waals surface area contributed by atoms with Gasteiger partial charge in [-0.25, -0.2) is 4.68 Å². The van der Waals surface area contributed by atoms with Gasteiger partial charge in [0.1, 0.15) is 4.60 Å². The molecule has 0 saturated heterocycles. The van der Waals surface area contributed by atoms with E-state index in [0.29, 0.717) is 10.5 Å². The largest absolute Gasteiger partial charge is 0.325 e. The molecule has 1 rings (SSSR count). The summed E-state index contributed by atoms with van der Waals surface area (Å²) in [6.07, 6.45) is 0. The first-order valence-corrected chi connectivity index (χ1v) is 9.12. The van der Waals surface area contributed by atoms with Gasteiger partial charge in [0.15, 0.2) is 0 Å². The number of rotatable bonds is 5. The van der Waals surface area contributed by atoms with Gasteiger partial charge in [0.25, 0.3) is 5.56 Å². The summed E-state index contributed by atoms with van der Waals surface area (Å²) in [5.74, 6) is 0.303. The third-order valence-corrected chi connectivity index (χ3v) is 7.65. The van der Waals surface area contributed by atoms with Crippen LogP contribution in [-0.4, -0.2) is 24.0 Å². The van der Waals surface area contributed by atoms with Crippen LogP contribution in [0.2, 0.25) is 0 Å². The number of halogens is 1. The van der Waals surface area contributed by atoms with Gasteiger partial charge in [-0.05, 0) is 45.2 Å². The molecule has 1 aromatic rings. The summed E-state index contributed by atoms with van der Waals surface area (Å²) >= 11 is 9.61. The smallest absolute Gasteiger partial charge is 0.267 e. The highest BCUT2D eigenvalue weighted by Crippen LogP contribution is 2.60. The molecule has 90 valence electrons. The molecule has 0 atom stereocenters. The monoisotopic (exact) mass is 344 g/mol. The van der Waals surface area contributed by atoms with Gasteiger partial charge in [-0.1, -0.05) is 0 Å². The Morgan fingerprint density at radius 2 is 2.19 bits per heavy atom. The average molecular weight is 345 g/mol. The van der Waals surface area contributed by atoms with E-state index in [0.717, 1.165) is 0 Å². The first-order chi connectivity index (χ1) is 7.50. The number of hydrogen-bond acceptors (Lipinski definition) is 6. The van der Waals surface area contributed by atoms with Crippen molar-refractivity contribution >= 4 is 44.8 Å². The number of nitrogens with zero attached hydrogens (tertiary/aromatic N) is 2. The lowest BCUT2D eigenvalue weighted by Crippen LogP contribution is -2.20. The fourth-order valence-electron chi connectivity index (χ4n) is 0.822. The maximum atomic E-state index is 11.4. The second-order valence-electron chi connectivity index (χ2n) is 2.56. The summed E-state index contributed by atoms with van der Waals surface area (Å²) in [6, 6.07) is 3.02. The first kappa shape index (κ1) is 14.3. The number of aromatic nitrogens is 2. The van der Waals surface area contributed by atoms with Crippen LogP contribution < -0.4 is 5.56 Å². The minimum atomic E-state index is -2.35. The van der Waals surface area contributed by atoms with E-state index in [1.807, 2.05) is 0 Å². The van der Waals surface area contributed by atoms with Crippen LogP contribution in [0.5, 0.6) is 0 Å². The molecule has 1 aromatic heterocycles. The van der Waals surface area contributed by atoms with Gasteiger partial charge >= 0.3 is 0 Å². The molecular weight excluding hydrogens is 335 g/mol. The first-order valence-electron chi connectivity index (χ1n) is 4.10. The van der Waals surface area contributed by atoms with Crippen molar-refractivity contribution in [3.8, 4) is 0 Å². The molecule has 0 saturated carbocycles. The third kappa shape index (κ3) is 3.94. The fraction of sp³-hybridized carbons (Fsp3) is 0.429. The quantitative estimate of drug-likeness (QED) is 0.763. The van der Waals surface area contributed by atoms with Crippen molar-refractivity contribution in [2.45, 2.75) is 5.88 Å². The summed E-state index contributed by atoms with van der Waals surface area (Å²) in [7, 11) is 2.99. The second-order valence-corrected chi connectivity index (χ2v) is 9.87. The van der Waals surface area contributed by atoms with E-state index < -0.39 is 5.69 Å². The lowest BCUT2D eigenvalue weighted by molar-refractivity contribution is 0.353. The molecular formula is C7H10BrN2O3PS2.